The summed E-state index contributed by atoms with van der Waals surface area (Å²) in [5.74, 6) is 1.59. The fourth-order valence-electron chi connectivity index (χ4n) is 3.84. The van der Waals surface area contributed by atoms with Crippen LogP contribution in [-0.4, -0.2) is 9.55 Å². The Hall–Kier alpha value is -3.15. The second-order valence-corrected chi connectivity index (χ2v) is 8.98. The highest BCUT2D eigenvalue weighted by Gasteiger charge is 2.16. The first-order valence-electron chi connectivity index (χ1n) is 9.59. The van der Waals surface area contributed by atoms with Crippen LogP contribution in [0.1, 0.15) is 0 Å². The number of para-hydroxylation sites is 2. The second kappa shape index (κ2) is 6.97. The number of nitrogens with zero attached hydrogens (tertiary/aromatic N) is 2. The Kier molecular flexibility index (Phi) is 4.11. The molecule has 0 bridgehead atoms. The summed E-state index contributed by atoms with van der Waals surface area (Å²) >= 11 is 5.21. The van der Waals surface area contributed by atoms with E-state index >= 15 is 0 Å². The predicted molar refractivity (Wildman–Crippen MR) is 128 cm³/mol. The monoisotopic (exact) mass is 470 g/mol. The highest BCUT2D eigenvalue weighted by molar-refractivity contribution is 9.10. The fraction of sp³-hybridized carbons (Fsp3) is 0. The van der Waals surface area contributed by atoms with Gasteiger partial charge in [0.15, 0.2) is 5.13 Å². The number of thiazole rings is 1. The van der Waals surface area contributed by atoms with Gasteiger partial charge in [-0.3, -0.25) is 4.57 Å². The van der Waals surface area contributed by atoms with Crippen LogP contribution < -0.4 is 4.74 Å². The van der Waals surface area contributed by atoms with Gasteiger partial charge in [0.05, 0.1) is 21.3 Å². The van der Waals surface area contributed by atoms with Gasteiger partial charge >= 0.3 is 0 Å². The van der Waals surface area contributed by atoms with E-state index in [2.05, 4.69) is 75.1 Å². The molecule has 0 radical (unpaired) electrons. The maximum atomic E-state index is 6.15. The minimum atomic E-state index is 0.797. The van der Waals surface area contributed by atoms with Gasteiger partial charge in [-0.15, -0.1) is 0 Å². The molecule has 5 heteroatoms. The van der Waals surface area contributed by atoms with Crippen molar-refractivity contribution in [3.8, 4) is 16.6 Å². The molecular weight excluding hydrogens is 456 g/mol. The van der Waals surface area contributed by atoms with Gasteiger partial charge in [0.25, 0.3) is 0 Å². The highest BCUT2D eigenvalue weighted by atomic mass is 79.9. The van der Waals surface area contributed by atoms with E-state index in [1.165, 1.54) is 15.5 Å². The molecule has 0 spiro atoms. The number of ether oxygens (including phenoxy) is 1. The number of hydrogen-bond acceptors (Lipinski definition) is 3. The summed E-state index contributed by atoms with van der Waals surface area (Å²) in [5.41, 5.74) is 3.25. The van der Waals surface area contributed by atoms with Gasteiger partial charge in [0, 0.05) is 21.3 Å². The normalized spacial score (nSPS) is 11.5. The molecule has 3 nitrogen and oxygen atoms in total. The van der Waals surface area contributed by atoms with Gasteiger partial charge in [0.2, 0.25) is 0 Å². The number of halogens is 1. The van der Waals surface area contributed by atoms with Gasteiger partial charge in [-0.05, 0) is 48.5 Å². The number of benzene rings is 4. The standard InChI is InChI=1S/C25H15BrN2OS/c26-16-6-5-7-17(14-16)29-18-12-13-20-19-8-1-3-10-22(19)28(23(20)15-18)25-27-21-9-2-4-11-24(21)30-25/h1-15H. The Morgan fingerprint density at radius 3 is 2.43 bits per heavy atom. The molecule has 144 valence electrons. The lowest BCUT2D eigenvalue weighted by molar-refractivity contribution is 0.483. The fourth-order valence-corrected chi connectivity index (χ4v) is 5.21. The van der Waals surface area contributed by atoms with Crippen molar-refractivity contribution in [3.05, 3.63) is 95.5 Å². The number of rotatable bonds is 3. The third kappa shape index (κ3) is 2.90. The Labute approximate surface area is 185 Å². The molecule has 6 aromatic rings. The summed E-state index contributed by atoms with van der Waals surface area (Å²) in [6.45, 7) is 0. The summed E-state index contributed by atoms with van der Waals surface area (Å²) in [6.07, 6.45) is 0. The molecule has 0 aliphatic carbocycles. The van der Waals surface area contributed by atoms with Crippen molar-refractivity contribution in [1.29, 1.82) is 0 Å². The average molecular weight is 471 g/mol. The molecular formula is C25H15BrN2OS. The van der Waals surface area contributed by atoms with E-state index in [1.807, 2.05) is 36.4 Å². The number of aromatic nitrogens is 2. The maximum Gasteiger partial charge on any atom is 0.195 e. The Bertz CT molecular complexity index is 1520. The average Bonchev–Trinajstić information content (AvgIpc) is 3.32. The van der Waals surface area contributed by atoms with Gasteiger partial charge in [0.1, 0.15) is 11.5 Å². The Morgan fingerprint density at radius 1 is 0.733 bits per heavy atom. The van der Waals surface area contributed by atoms with E-state index in [4.69, 9.17) is 9.72 Å². The largest absolute Gasteiger partial charge is 0.457 e. The number of hydrogen-bond donors (Lipinski definition) is 0. The number of fused-ring (bicyclic) bond motifs is 4. The lowest BCUT2D eigenvalue weighted by Gasteiger charge is -2.08. The summed E-state index contributed by atoms with van der Waals surface area (Å²) in [5, 5.41) is 3.36. The first kappa shape index (κ1) is 17.7. The van der Waals surface area contributed by atoms with E-state index in [9.17, 15) is 0 Å². The molecule has 4 aromatic carbocycles. The van der Waals surface area contributed by atoms with Gasteiger partial charge < -0.3 is 4.74 Å². The topological polar surface area (TPSA) is 27.1 Å². The molecule has 30 heavy (non-hydrogen) atoms. The molecule has 0 saturated carbocycles. The minimum Gasteiger partial charge on any atom is -0.457 e. The molecule has 0 unspecified atom stereocenters. The lowest BCUT2D eigenvalue weighted by Crippen LogP contribution is -1.93. The van der Waals surface area contributed by atoms with Crippen molar-refractivity contribution in [3.63, 3.8) is 0 Å². The van der Waals surface area contributed by atoms with Crippen LogP contribution in [0.2, 0.25) is 0 Å². The van der Waals surface area contributed by atoms with Crippen molar-refractivity contribution < 1.29 is 4.74 Å². The molecule has 2 heterocycles. The van der Waals surface area contributed by atoms with Gasteiger partial charge in [-0.25, -0.2) is 4.98 Å². The van der Waals surface area contributed by atoms with E-state index in [0.29, 0.717) is 0 Å². The molecule has 6 rings (SSSR count). The molecule has 0 fully saturated rings. The van der Waals surface area contributed by atoms with Crippen molar-refractivity contribution in [2.75, 3.05) is 0 Å². The summed E-state index contributed by atoms with van der Waals surface area (Å²) < 4.78 is 10.6. The van der Waals surface area contributed by atoms with Crippen LogP contribution in [0.3, 0.4) is 0 Å². The third-order valence-corrected chi connectivity index (χ3v) is 6.67. The third-order valence-electron chi connectivity index (χ3n) is 5.15. The molecule has 0 aliphatic rings. The van der Waals surface area contributed by atoms with E-state index in [0.717, 1.165) is 37.7 Å². The van der Waals surface area contributed by atoms with Crippen molar-refractivity contribution in [2.24, 2.45) is 0 Å². The zero-order chi connectivity index (χ0) is 20.1. The summed E-state index contributed by atoms with van der Waals surface area (Å²) in [7, 11) is 0. The van der Waals surface area contributed by atoms with Crippen LogP contribution in [0.4, 0.5) is 0 Å². The van der Waals surface area contributed by atoms with E-state index in [-0.39, 0.29) is 0 Å². The first-order chi connectivity index (χ1) is 14.8. The van der Waals surface area contributed by atoms with Crippen LogP contribution in [0, 0.1) is 0 Å². The van der Waals surface area contributed by atoms with E-state index < -0.39 is 0 Å². The molecule has 0 amide bonds. The first-order valence-corrected chi connectivity index (χ1v) is 11.2. The minimum absolute atomic E-state index is 0.797. The molecule has 2 aromatic heterocycles. The van der Waals surface area contributed by atoms with Crippen LogP contribution in [0.15, 0.2) is 95.5 Å². The molecule has 0 aliphatic heterocycles. The predicted octanol–water partition coefficient (Wildman–Crippen LogP) is 7.95. The van der Waals surface area contributed by atoms with Crippen LogP contribution >= 0.6 is 27.3 Å². The zero-order valence-corrected chi connectivity index (χ0v) is 18.2. The lowest BCUT2D eigenvalue weighted by atomic mass is 10.1. The summed E-state index contributed by atoms with van der Waals surface area (Å²) in [4.78, 5) is 4.92. The molecule has 0 atom stereocenters. The van der Waals surface area contributed by atoms with Crippen LogP contribution in [0.5, 0.6) is 11.5 Å². The van der Waals surface area contributed by atoms with Crippen molar-refractivity contribution in [2.45, 2.75) is 0 Å². The van der Waals surface area contributed by atoms with Crippen molar-refractivity contribution in [1.82, 2.24) is 9.55 Å². The second-order valence-electron chi connectivity index (χ2n) is 7.06. The Balaban J connectivity index is 1.59. The van der Waals surface area contributed by atoms with Crippen LogP contribution in [0.25, 0.3) is 37.2 Å². The van der Waals surface area contributed by atoms with Crippen molar-refractivity contribution >= 4 is 59.3 Å². The van der Waals surface area contributed by atoms with Gasteiger partial charge in [-0.2, -0.15) is 0 Å². The zero-order valence-electron chi connectivity index (χ0n) is 15.7. The highest BCUT2D eigenvalue weighted by Crippen LogP contribution is 2.37. The van der Waals surface area contributed by atoms with Gasteiger partial charge in [-0.1, -0.05) is 63.7 Å². The molecule has 0 N–H and O–H groups in total. The SMILES string of the molecule is Brc1cccc(Oc2ccc3c4ccccc4n(-c4nc5ccccc5s4)c3c2)c1. The quantitative estimate of drug-likeness (QED) is 0.262. The van der Waals surface area contributed by atoms with E-state index in [1.54, 1.807) is 11.3 Å². The summed E-state index contributed by atoms with van der Waals surface area (Å²) in [6, 6.07) is 30.9. The van der Waals surface area contributed by atoms with Crippen LogP contribution in [-0.2, 0) is 0 Å². The Morgan fingerprint density at radius 2 is 1.53 bits per heavy atom. The maximum absolute atomic E-state index is 6.15. The smallest absolute Gasteiger partial charge is 0.195 e. The molecule has 0 saturated heterocycles.